The Balaban J connectivity index is 1.95. The molecule has 1 N–H and O–H groups in total. The number of sulfonamides is 1. The van der Waals surface area contributed by atoms with Gasteiger partial charge in [-0.25, -0.2) is 17.8 Å². The molecule has 0 saturated heterocycles. The van der Waals surface area contributed by atoms with E-state index in [0.29, 0.717) is 11.4 Å². The smallest absolute Gasteiger partial charge is 0.263 e. The number of aryl methyl sites for hydroxylation is 1. The molecule has 3 rings (SSSR count). The number of hydrogen-bond acceptors (Lipinski definition) is 6. The second-order valence-electron chi connectivity index (χ2n) is 5.89. The van der Waals surface area contributed by atoms with Crippen LogP contribution in [0.3, 0.4) is 0 Å². The van der Waals surface area contributed by atoms with Gasteiger partial charge in [0.2, 0.25) is 5.88 Å². The summed E-state index contributed by atoms with van der Waals surface area (Å²) in [6, 6.07) is 10.6. The Kier molecular flexibility index (Phi) is 5.24. The molecule has 7 nitrogen and oxygen atoms in total. The van der Waals surface area contributed by atoms with E-state index in [1.165, 1.54) is 31.5 Å². The number of nitrogens with zero attached hydrogens (tertiary/aromatic N) is 3. The lowest BCUT2D eigenvalue weighted by Crippen LogP contribution is -2.13. The molecular weight excluding hydrogens is 383 g/mol. The highest BCUT2D eigenvalue weighted by atomic mass is 32.2. The molecule has 2 aromatic heterocycles. The molecule has 0 unspecified atom stereocenters. The average Bonchev–Trinajstić information content (AvgIpc) is 2.67. The number of benzene rings is 1. The van der Waals surface area contributed by atoms with Crippen molar-refractivity contribution in [3.8, 4) is 23.2 Å². The number of aromatic nitrogens is 2. The molecular formula is C19H15FN4O3S. The summed E-state index contributed by atoms with van der Waals surface area (Å²) in [5.41, 5.74) is 1.66. The Morgan fingerprint density at radius 3 is 2.54 bits per heavy atom. The monoisotopic (exact) mass is 398 g/mol. The number of pyridine rings is 2. The maximum atomic E-state index is 13.9. The fourth-order valence-electron chi connectivity index (χ4n) is 2.52. The number of nitriles is 1. The summed E-state index contributed by atoms with van der Waals surface area (Å²) in [6.07, 6.45) is 2.33. The molecule has 3 aromatic rings. The summed E-state index contributed by atoms with van der Waals surface area (Å²) in [6.45, 7) is 1.77. The molecule has 28 heavy (non-hydrogen) atoms. The van der Waals surface area contributed by atoms with E-state index in [1.807, 2.05) is 0 Å². The number of anilines is 1. The lowest BCUT2D eigenvalue weighted by atomic mass is 10.1. The van der Waals surface area contributed by atoms with Crippen molar-refractivity contribution in [3.63, 3.8) is 0 Å². The van der Waals surface area contributed by atoms with Gasteiger partial charge in [0.1, 0.15) is 22.3 Å². The molecule has 1 aromatic carbocycles. The van der Waals surface area contributed by atoms with Crippen LogP contribution in [0.2, 0.25) is 0 Å². The molecule has 0 aliphatic rings. The minimum absolute atomic E-state index is 0.0288. The van der Waals surface area contributed by atoms with Gasteiger partial charge in [-0.1, -0.05) is 0 Å². The summed E-state index contributed by atoms with van der Waals surface area (Å²) >= 11 is 0. The van der Waals surface area contributed by atoms with Gasteiger partial charge >= 0.3 is 0 Å². The van der Waals surface area contributed by atoms with Gasteiger partial charge in [-0.05, 0) is 36.8 Å². The molecule has 0 aliphatic carbocycles. The van der Waals surface area contributed by atoms with E-state index in [4.69, 9.17) is 10.00 Å². The highest BCUT2D eigenvalue weighted by Crippen LogP contribution is 2.26. The van der Waals surface area contributed by atoms with Crippen molar-refractivity contribution in [3.05, 3.63) is 65.7 Å². The van der Waals surface area contributed by atoms with Crippen molar-refractivity contribution in [2.45, 2.75) is 11.8 Å². The van der Waals surface area contributed by atoms with E-state index in [9.17, 15) is 12.8 Å². The van der Waals surface area contributed by atoms with Gasteiger partial charge in [0, 0.05) is 29.6 Å². The Morgan fingerprint density at radius 2 is 1.93 bits per heavy atom. The van der Waals surface area contributed by atoms with Crippen LogP contribution in [0.1, 0.15) is 11.1 Å². The minimum Gasteiger partial charge on any atom is -0.481 e. The first kappa shape index (κ1) is 19.3. The van der Waals surface area contributed by atoms with E-state index in [1.54, 1.807) is 25.1 Å². The zero-order valence-electron chi connectivity index (χ0n) is 15.0. The van der Waals surface area contributed by atoms with Crippen LogP contribution < -0.4 is 9.46 Å². The maximum absolute atomic E-state index is 13.9. The number of methoxy groups -OCH3 is 1. The Bertz CT molecular complexity index is 1170. The van der Waals surface area contributed by atoms with Gasteiger partial charge in [0.15, 0.2) is 0 Å². The third kappa shape index (κ3) is 4.07. The largest absolute Gasteiger partial charge is 0.481 e. The van der Waals surface area contributed by atoms with Gasteiger partial charge in [-0.15, -0.1) is 0 Å². The molecule has 0 fully saturated rings. The number of hydrogen-bond donors (Lipinski definition) is 1. The van der Waals surface area contributed by atoms with Crippen LogP contribution in [-0.2, 0) is 10.0 Å². The van der Waals surface area contributed by atoms with Gasteiger partial charge in [-0.2, -0.15) is 5.26 Å². The molecule has 0 amide bonds. The lowest BCUT2D eigenvalue weighted by molar-refractivity contribution is 0.397. The third-order valence-corrected chi connectivity index (χ3v) is 5.19. The fraction of sp³-hybridized carbons (Fsp3) is 0.105. The quantitative estimate of drug-likeness (QED) is 0.707. The first-order valence-corrected chi connectivity index (χ1v) is 9.51. The predicted molar refractivity (Wildman–Crippen MR) is 101 cm³/mol. The number of nitrogens with one attached hydrogen (secondary N) is 1. The Hall–Kier alpha value is -3.51. The van der Waals surface area contributed by atoms with Gasteiger partial charge in [0.25, 0.3) is 10.0 Å². The fourth-order valence-corrected chi connectivity index (χ4v) is 3.51. The normalized spacial score (nSPS) is 10.9. The van der Waals surface area contributed by atoms with Crippen LogP contribution in [0, 0.1) is 24.1 Å². The highest BCUT2D eigenvalue weighted by Gasteiger charge is 2.16. The molecule has 2 heterocycles. The minimum atomic E-state index is -3.88. The zero-order valence-corrected chi connectivity index (χ0v) is 15.8. The molecule has 9 heteroatoms. The highest BCUT2D eigenvalue weighted by molar-refractivity contribution is 7.92. The van der Waals surface area contributed by atoms with Gasteiger partial charge in [0.05, 0.1) is 19.0 Å². The number of rotatable bonds is 5. The maximum Gasteiger partial charge on any atom is 0.263 e. The topological polar surface area (TPSA) is 105 Å². The van der Waals surface area contributed by atoms with Gasteiger partial charge < -0.3 is 4.74 Å². The lowest BCUT2D eigenvalue weighted by Gasteiger charge is -2.11. The van der Waals surface area contributed by atoms with Crippen molar-refractivity contribution < 1.29 is 17.5 Å². The van der Waals surface area contributed by atoms with Crippen LogP contribution in [0.25, 0.3) is 11.3 Å². The van der Waals surface area contributed by atoms with Crippen LogP contribution in [0.4, 0.5) is 10.1 Å². The second kappa shape index (κ2) is 7.62. The number of ether oxygens (including phenoxy) is 1. The molecule has 0 radical (unpaired) electrons. The summed E-state index contributed by atoms with van der Waals surface area (Å²) in [4.78, 5) is 7.94. The molecule has 0 spiro atoms. The van der Waals surface area contributed by atoms with E-state index >= 15 is 0 Å². The van der Waals surface area contributed by atoms with E-state index in [-0.39, 0.29) is 21.8 Å². The summed E-state index contributed by atoms with van der Waals surface area (Å²) in [5, 5.41) is 8.82. The van der Waals surface area contributed by atoms with Crippen LogP contribution in [-0.4, -0.2) is 25.5 Å². The van der Waals surface area contributed by atoms with Crippen molar-refractivity contribution in [2.75, 3.05) is 11.8 Å². The summed E-state index contributed by atoms with van der Waals surface area (Å²) in [5.74, 6) is -0.397. The van der Waals surface area contributed by atoms with E-state index in [2.05, 4.69) is 14.7 Å². The van der Waals surface area contributed by atoms with E-state index < -0.39 is 15.8 Å². The average molecular weight is 398 g/mol. The first-order chi connectivity index (χ1) is 13.3. The summed E-state index contributed by atoms with van der Waals surface area (Å²) in [7, 11) is -2.44. The molecule has 0 bridgehead atoms. The Morgan fingerprint density at radius 1 is 1.14 bits per heavy atom. The Labute approximate surface area is 161 Å². The SMILES string of the molecule is COc1ccc(S(=O)(=O)Nc2cc(C)cc(-c3cc(F)c(C#N)cn3)c2)cn1. The summed E-state index contributed by atoms with van der Waals surface area (Å²) < 4.78 is 46.5. The van der Waals surface area contributed by atoms with Crippen LogP contribution in [0.5, 0.6) is 5.88 Å². The molecule has 0 saturated carbocycles. The molecule has 0 aliphatic heterocycles. The number of halogens is 1. The van der Waals surface area contributed by atoms with E-state index in [0.717, 1.165) is 17.8 Å². The van der Waals surface area contributed by atoms with Crippen molar-refractivity contribution in [1.29, 1.82) is 5.26 Å². The van der Waals surface area contributed by atoms with Crippen molar-refractivity contribution in [2.24, 2.45) is 0 Å². The van der Waals surface area contributed by atoms with Gasteiger partial charge in [-0.3, -0.25) is 9.71 Å². The molecule has 142 valence electrons. The van der Waals surface area contributed by atoms with Crippen molar-refractivity contribution in [1.82, 2.24) is 9.97 Å². The van der Waals surface area contributed by atoms with Crippen LogP contribution >= 0.6 is 0 Å². The second-order valence-corrected chi connectivity index (χ2v) is 7.57. The first-order valence-electron chi connectivity index (χ1n) is 8.03. The predicted octanol–water partition coefficient (Wildman–Crippen LogP) is 3.27. The zero-order chi connectivity index (χ0) is 20.3. The third-order valence-electron chi connectivity index (χ3n) is 3.83. The standard InChI is InChI=1S/C19H15FN4O3S/c1-12-5-13(18-8-17(20)14(9-21)10-22-18)7-15(6-12)24-28(25,26)16-3-4-19(27-2)23-11-16/h3-8,10-11,24H,1-2H3. The molecule has 0 atom stereocenters. The van der Waals surface area contributed by atoms with Crippen LogP contribution in [0.15, 0.2) is 53.7 Å². The van der Waals surface area contributed by atoms with Crippen molar-refractivity contribution >= 4 is 15.7 Å².